The number of aromatic nitrogens is 1. The molecule has 0 aliphatic rings. The largest absolute Gasteiger partial charge is 0.310 e. The molecule has 1 atom stereocenters. The van der Waals surface area contributed by atoms with Crippen molar-refractivity contribution in [2.45, 2.75) is 19.9 Å². The van der Waals surface area contributed by atoms with Crippen molar-refractivity contribution >= 4 is 22.9 Å². The van der Waals surface area contributed by atoms with Crippen LogP contribution in [0.15, 0.2) is 24.4 Å². The van der Waals surface area contributed by atoms with E-state index in [2.05, 4.69) is 17.2 Å². The first-order valence-electron chi connectivity index (χ1n) is 5.77. The molecule has 1 aromatic heterocycles. The Kier molecular flexibility index (Phi) is 4.32. The molecule has 0 spiro atoms. The fourth-order valence-electron chi connectivity index (χ4n) is 1.71. The first-order valence-corrected chi connectivity index (χ1v) is 6.96. The summed E-state index contributed by atoms with van der Waals surface area (Å²) in [6.45, 7) is 4.99. The number of rotatable bonds is 4. The molecular formula is C13H14ClFN2S. The molecule has 0 radical (unpaired) electrons. The fourth-order valence-corrected chi connectivity index (χ4v) is 3.02. The van der Waals surface area contributed by atoms with E-state index in [0.717, 1.165) is 11.4 Å². The van der Waals surface area contributed by atoms with Gasteiger partial charge in [-0.1, -0.05) is 24.6 Å². The Morgan fingerprint density at radius 2 is 2.28 bits per heavy atom. The van der Waals surface area contributed by atoms with Crippen molar-refractivity contribution in [1.82, 2.24) is 10.3 Å². The molecule has 2 aromatic rings. The third-order valence-corrected chi connectivity index (χ3v) is 4.15. The molecular weight excluding hydrogens is 271 g/mol. The van der Waals surface area contributed by atoms with E-state index in [0.29, 0.717) is 15.6 Å². The van der Waals surface area contributed by atoms with E-state index in [-0.39, 0.29) is 11.9 Å². The second-order valence-corrected chi connectivity index (χ2v) is 5.41. The second kappa shape index (κ2) is 5.78. The molecule has 1 aromatic carbocycles. The van der Waals surface area contributed by atoms with Gasteiger partial charge in [0.05, 0.1) is 10.6 Å². The standard InChI is InChI=1S/C13H14ClFN2S/c1-3-16-8(2)11-7-17-13(18-11)12-9(14)5-4-6-10(12)15/h4-8,16H,3H2,1-2H3. The van der Waals surface area contributed by atoms with Crippen LogP contribution in [0, 0.1) is 5.82 Å². The monoisotopic (exact) mass is 284 g/mol. The first-order chi connectivity index (χ1) is 8.63. The van der Waals surface area contributed by atoms with Gasteiger partial charge in [-0.2, -0.15) is 0 Å². The molecule has 1 N–H and O–H groups in total. The van der Waals surface area contributed by atoms with Crippen LogP contribution in [-0.4, -0.2) is 11.5 Å². The van der Waals surface area contributed by atoms with Gasteiger partial charge in [0, 0.05) is 17.1 Å². The summed E-state index contributed by atoms with van der Waals surface area (Å²) in [5.74, 6) is -0.334. The molecule has 1 unspecified atom stereocenters. The smallest absolute Gasteiger partial charge is 0.134 e. The summed E-state index contributed by atoms with van der Waals surface area (Å²) in [7, 11) is 0. The maximum Gasteiger partial charge on any atom is 0.134 e. The Morgan fingerprint density at radius 3 is 2.94 bits per heavy atom. The molecule has 5 heteroatoms. The first kappa shape index (κ1) is 13.5. The Labute approximate surface area is 115 Å². The summed E-state index contributed by atoms with van der Waals surface area (Å²) in [4.78, 5) is 5.34. The minimum absolute atomic E-state index is 0.215. The Balaban J connectivity index is 2.35. The third kappa shape index (κ3) is 2.71. The fraction of sp³-hybridized carbons (Fsp3) is 0.308. The van der Waals surface area contributed by atoms with Crippen molar-refractivity contribution in [3.8, 4) is 10.6 Å². The molecule has 1 heterocycles. The SMILES string of the molecule is CCNC(C)c1cnc(-c2c(F)cccc2Cl)s1. The number of hydrogen-bond acceptors (Lipinski definition) is 3. The Hall–Kier alpha value is -0.970. The van der Waals surface area contributed by atoms with Crippen molar-refractivity contribution in [1.29, 1.82) is 0 Å². The zero-order chi connectivity index (χ0) is 13.1. The van der Waals surface area contributed by atoms with Gasteiger partial charge >= 0.3 is 0 Å². The highest BCUT2D eigenvalue weighted by atomic mass is 35.5. The molecule has 0 bridgehead atoms. The van der Waals surface area contributed by atoms with Gasteiger partial charge in [-0.25, -0.2) is 9.37 Å². The molecule has 96 valence electrons. The lowest BCUT2D eigenvalue weighted by atomic mass is 10.2. The van der Waals surface area contributed by atoms with Crippen LogP contribution in [0.1, 0.15) is 24.8 Å². The molecule has 0 saturated carbocycles. The van der Waals surface area contributed by atoms with Crippen LogP contribution in [0.25, 0.3) is 10.6 Å². The van der Waals surface area contributed by atoms with E-state index in [9.17, 15) is 4.39 Å². The van der Waals surface area contributed by atoms with Crippen LogP contribution in [0.4, 0.5) is 4.39 Å². The minimum Gasteiger partial charge on any atom is -0.310 e. The lowest BCUT2D eigenvalue weighted by Gasteiger charge is -2.08. The van der Waals surface area contributed by atoms with Gasteiger partial charge in [0.15, 0.2) is 0 Å². The maximum absolute atomic E-state index is 13.8. The van der Waals surface area contributed by atoms with Gasteiger partial charge in [0.1, 0.15) is 10.8 Å². The van der Waals surface area contributed by atoms with Gasteiger partial charge in [-0.3, -0.25) is 0 Å². The second-order valence-electron chi connectivity index (χ2n) is 3.94. The summed E-state index contributed by atoms with van der Waals surface area (Å²) in [6, 6.07) is 4.88. The average Bonchev–Trinajstić information content (AvgIpc) is 2.78. The summed E-state index contributed by atoms with van der Waals surface area (Å²) in [5, 5.41) is 4.32. The summed E-state index contributed by atoms with van der Waals surface area (Å²) in [5.41, 5.74) is 0.388. The van der Waals surface area contributed by atoms with Crippen molar-refractivity contribution in [3.05, 3.63) is 40.1 Å². The molecule has 18 heavy (non-hydrogen) atoms. The number of nitrogens with one attached hydrogen (secondary N) is 1. The van der Waals surface area contributed by atoms with Crippen LogP contribution >= 0.6 is 22.9 Å². The number of halogens is 2. The van der Waals surface area contributed by atoms with Gasteiger partial charge in [0.25, 0.3) is 0 Å². The van der Waals surface area contributed by atoms with Gasteiger partial charge in [-0.05, 0) is 25.6 Å². The normalized spacial score (nSPS) is 12.7. The lowest BCUT2D eigenvalue weighted by Crippen LogP contribution is -2.16. The van der Waals surface area contributed by atoms with Crippen molar-refractivity contribution < 1.29 is 4.39 Å². The van der Waals surface area contributed by atoms with Gasteiger partial charge in [-0.15, -0.1) is 11.3 Å². The zero-order valence-corrected chi connectivity index (χ0v) is 11.8. The summed E-state index contributed by atoms with van der Waals surface area (Å²) < 4.78 is 13.8. The number of hydrogen-bond donors (Lipinski definition) is 1. The topological polar surface area (TPSA) is 24.9 Å². The molecule has 0 fully saturated rings. The average molecular weight is 285 g/mol. The highest BCUT2D eigenvalue weighted by molar-refractivity contribution is 7.15. The van der Waals surface area contributed by atoms with E-state index in [4.69, 9.17) is 11.6 Å². The minimum atomic E-state index is -0.334. The van der Waals surface area contributed by atoms with E-state index in [1.807, 2.05) is 6.92 Å². The van der Waals surface area contributed by atoms with Crippen molar-refractivity contribution in [3.63, 3.8) is 0 Å². The van der Waals surface area contributed by atoms with Gasteiger partial charge < -0.3 is 5.32 Å². The molecule has 0 aliphatic heterocycles. The van der Waals surface area contributed by atoms with Crippen molar-refractivity contribution in [2.24, 2.45) is 0 Å². The molecule has 0 aliphatic carbocycles. The Morgan fingerprint density at radius 1 is 1.50 bits per heavy atom. The maximum atomic E-state index is 13.8. The number of benzene rings is 1. The highest BCUT2D eigenvalue weighted by Gasteiger charge is 2.15. The summed E-state index contributed by atoms with van der Waals surface area (Å²) >= 11 is 7.49. The van der Waals surface area contributed by atoms with Crippen LogP contribution in [0.3, 0.4) is 0 Å². The van der Waals surface area contributed by atoms with Crippen LogP contribution in [0.2, 0.25) is 5.02 Å². The van der Waals surface area contributed by atoms with Gasteiger partial charge in [0.2, 0.25) is 0 Å². The Bertz CT molecular complexity index is 521. The third-order valence-electron chi connectivity index (χ3n) is 2.64. The predicted molar refractivity (Wildman–Crippen MR) is 74.6 cm³/mol. The number of thiazole rings is 1. The van der Waals surface area contributed by atoms with Crippen LogP contribution in [-0.2, 0) is 0 Å². The number of nitrogens with zero attached hydrogens (tertiary/aromatic N) is 1. The molecule has 2 rings (SSSR count). The lowest BCUT2D eigenvalue weighted by molar-refractivity contribution is 0.606. The highest BCUT2D eigenvalue weighted by Crippen LogP contribution is 2.34. The molecule has 0 saturated heterocycles. The van der Waals surface area contributed by atoms with E-state index >= 15 is 0 Å². The van der Waals surface area contributed by atoms with Crippen molar-refractivity contribution in [2.75, 3.05) is 6.54 Å². The van der Waals surface area contributed by atoms with E-state index < -0.39 is 0 Å². The summed E-state index contributed by atoms with van der Waals surface area (Å²) in [6.07, 6.45) is 1.77. The molecule has 2 nitrogen and oxygen atoms in total. The van der Waals surface area contributed by atoms with Crippen LogP contribution < -0.4 is 5.32 Å². The predicted octanol–water partition coefficient (Wildman–Crippen LogP) is 4.27. The van der Waals surface area contributed by atoms with Crippen LogP contribution in [0.5, 0.6) is 0 Å². The quantitative estimate of drug-likeness (QED) is 0.907. The molecule has 0 amide bonds. The van der Waals surface area contributed by atoms with E-state index in [1.54, 1.807) is 18.3 Å². The zero-order valence-electron chi connectivity index (χ0n) is 10.2. The van der Waals surface area contributed by atoms with E-state index in [1.165, 1.54) is 17.4 Å².